The fourth-order valence-electron chi connectivity index (χ4n) is 1.95. The van der Waals surface area contributed by atoms with Crippen molar-refractivity contribution in [2.75, 3.05) is 11.9 Å². The van der Waals surface area contributed by atoms with E-state index in [9.17, 15) is 13.6 Å². The first-order valence-electron chi connectivity index (χ1n) is 6.51. The minimum Gasteiger partial charge on any atom is -0.492 e. The molecular weight excluding hydrogens is 276 g/mol. The molecule has 2 rings (SSSR count). The van der Waals surface area contributed by atoms with Crippen LogP contribution in [0.3, 0.4) is 0 Å². The zero-order valence-electron chi connectivity index (χ0n) is 11.7. The van der Waals surface area contributed by atoms with Gasteiger partial charge in [-0.2, -0.15) is 0 Å². The molecule has 0 aliphatic heterocycles. The first-order valence-corrected chi connectivity index (χ1v) is 6.51. The Balaban J connectivity index is 2.27. The molecule has 0 bridgehead atoms. The Labute approximate surface area is 121 Å². The van der Waals surface area contributed by atoms with Gasteiger partial charge in [0.1, 0.15) is 17.4 Å². The van der Waals surface area contributed by atoms with Crippen molar-refractivity contribution in [3.05, 3.63) is 59.2 Å². The Morgan fingerprint density at radius 2 is 1.81 bits per heavy atom. The van der Waals surface area contributed by atoms with Crippen LogP contribution in [0.1, 0.15) is 22.8 Å². The number of nitrogens with one attached hydrogen (secondary N) is 1. The molecule has 0 unspecified atom stereocenters. The molecule has 0 spiro atoms. The van der Waals surface area contributed by atoms with Crippen LogP contribution in [0.15, 0.2) is 36.4 Å². The number of benzene rings is 2. The highest BCUT2D eigenvalue weighted by Crippen LogP contribution is 2.26. The molecule has 0 fully saturated rings. The summed E-state index contributed by atoms with van der Waals surface area (Å²) in [6, 6.07) is 7.77. The van der Waals surface area contributed by atoms with Gasteiger partial charge in [0.05, 0.1) is 12.3 Å². The third-order valence-corrected chi connectivity index (χ3v) is 2.92. The first-order chi connectivity index (χ1) is 10.0. The van der Waals surface area contributed by atoms with Crippen molar-refractivity contribution in [1.29, 1.82) is 0 Å². The highest BCUT2D eigenvalue weighted by atomic mass is 19.1. The van der Waals surface area contributed by atoms with Crippen LogP contribution in [0.25, 0.3) is 0 Å². The van der Waals surface area contributed by atoms with Crippen molar-refractivity contribution < 1.29 is 18.3 Å². The lowest BCUT2D eigenvalue weighted by molar-refractivity contribution is 0.102. The van der Waals surface area contributed by atoms with Crippen molar-refractivity contribution in [3.8, 4) is 5.75 Å². The van der Waals surface area contributed by atoms with Crippen LogP contribution >= 0.6 is 0 Å². The lowest BCUT2D eigenvalue weighted by Crippen LogP contribution is -2.14. The Morgan fingerprint density at radius 3 is 2.48 bits per heavy atom. The van der Waals surface area contributed by atoms with Gasteiger partial charge in [-0.05, 0) is 49.7 Å². The summed E-state index contributed by atoms with van der Waals surface area (Å²) < 4.78 is 31.5. The number of anilines is 1. The molecule has 0 radical (unpaired) electrons. The van der Waals surface area contributed by atoms with Gasteiger partial charge in [-0.1, -0.05) is 0 Å². The van der Waals surface area contributed by atoms with E-state index in [2.05, 4.69) is 5.32 Å². The van der Waals surface area contributed by atoms with Crippen LogP contribution < -0.4 is 10.1 Å². The largest absolute Gasteiger partial charge is 0.492 e. The average molecular weight is 291 g/mol. The molecule has 0 aromatic heterocycles. The van der Waals surface area contributed by atoms with Crippen LogP contribution in [0.5, 0.6) is 5.75 Å². The first kappa shape index (κ1) is 15.0. The summed E-state index contributed by atoms with van der Waals surface area (Å²) in [5.41, 5.74) is 1.24. The lowest BCUT2D eigenvalue weighted by Gasteiger charge is -2.12. The van der Waals surface area contributed by atoms with Gasteiger partial charge in [-0.15, -0.1) is 0 Å². The van der Waals surface area contributed by atoms with E-state index in [1.54, 1.807) is 13.8 Å². The number of carbonyl (C=O) groups excluding carboxylic acids is 1. The fraction of sp³-hybridized carbons (Fsp3) is 0.188. The average Bonchev–Trinajstić information content (AvgIpc) is 2.42. The summed E-state index contributed by atoms with van der Waals surface area (Å²) in [5, 5.41) is 2.65. The number of ether oxygens (including phenoxy) is 1. The summed E-state index contributed by atoms with van der Waals surface area (Å²) >= 11 is 0. The molecule has 3 nitrogen and oxygen atoms in total. The van der Waals surface area contributed by atoms with Gasteiger partial charge in [0, 0.05) is 11.6 Å². The van der Waals surface area contributed by atoms with Crippen LogP contribution in [-0.4, -0.2) is 12.5 Å². The van der Waals surface area contributed by atoms with Crippen LogP contribution in [-0.2, 0) is 0 Å². The topological polar surface area (TPSA) is 38.3 Å². The highest BCUT2D eigenvalue weighted by Gasteiger charge is 2.13. The standard InChI is InChI=1S/C16H15F2NO2/c1-3-21-15-9-12(18)5-7-14(15)19-16(20)13-6-4-11(17)8-10(13)2/h4-9H,3H2,1-2H3,(H,19,20). The molecule has 5 heteroatoms. The van der Waals surface area contributed by atoms with E-state index in [1.807, 2.05) is 0 Å². The van der Waals surface area contributed by atoms with Gasteiger partial charge < -0.3 is 10.1 Å². The minimum absolute atomic E-state index is 0.255. The summed E-state index contributed by atoms with van der Waals surface area (Å²) in [5.74, 6) is -0.999. The predicted molar refractivity (Wildman–Crippen MR) is 76.7 cm³/mol. The number of hydrogen-bond donors (Lipinski definition) is 1. The molecule has 1 amide bonds. The number of amides is 1. The second kappa shape index (κ2) is 6.35. The third kappa shape index (κ3) is 3.56. The maximum atomic E-state index is 13.2. The summed E-state index contributed by atoms with van der Waals surface area (Å²) in [6.45, 7) is 3.76. The van der Waals surface area contributed by atoms with E-state index in [1.165, 1.54) is 36.4 Å². The maximum absolute atomic E-state index is 13.2. The maximum Gasteiger partial charge on any atom is 0.256 e. The quantitative estimate of drug-likeness (QED) is 0.927. The van der Waals surface area contributed by atoms with Gasteiger partial charge in [-0.25, -0.2) is 8.78 Å². The molecule has 21 heavy (non-hydrogen) atoms. The molecule has 1 N–H and O–H groups in total. The summed E-state index contributed by atoms with van der Waals surface area (Å²) in [6.07, 6.45) is 0. The van der Waals surface area contributed by atoms with E-state index in [4.69, 9.17) is 4.74 Å². The summed E-state index contributed by atoms with van der Waals surface area (Å²) in [4.78, 5) is 12.2. The van der Waals surface area contributed by atoms with Gasteiger partial charge in [0.15, 0.2) is 0 Å². The number of aryl methyl sites for hydroxylation is 1. The molecule has 2 aromatic rings. The molecular formula is C16H15F2NO2. The Bertz CT molecular complexity index is 671. The van der Waals surface area contributed by atoms with E-state index in [-0.39, 0.29) is 5.75 Å². The predicted octanol–water partition coefficient (Wildman–Crippen LogP) is 3.92. The zero-order chi connectivity index (χ0) is 15.4. The van der Waals surface area contributed by atoms with Crippen molar-refractivity contribution in [1.82, 2.24) is 0 Å². The van der Waals surface area contributed by atoms with Crippen LogP contribution in [0, 0.1) is 18.6 Å². The number of halogens is 2. The highest BCUT2D eigenvalue weighted by molar-refractivity contribution is 6.05. The number of hydrogen-bond acceptors (Lipinski definition) is 2. The second-order valence-electron chi connectivity index (χ2n) is 4.49. The van der Waals surface area contributed by atoms with Crippen LogP contribution in [0.4, 0.5) is 14.5 Å². The molecule has 110 valence electrons. The molecule has 0 saturated heterocycles. The van der Waals surface area contributed by atoms with Crippen molar-refractivity contribution in [3.63, 3.8) is 0 Å². The van der Waals surface area contributed by atoms with Crippen LogP contribution in [0.2, 0.25) is 0 Å². The van der Waals surface area contributed by atoms with E-state index in [0.717, 1.165) is 0 Å². The van der Waals surface area contributed by atoms with Gasteiger partial charge in [0.2, 0.25) is 0 Å². The minimum atomic E-state index is -0.450. The van der Waals surface area contributed by atoms with Gasteiger partial charge in [0.25, 0.3) is 5.91 Å². The molecule has 0 aliphatic carbocycles. The Hall–Kier alpha value is -2.43. The molecule has 0 saturated carbocycles. The van der Waals surface area contributed by atoms with E-state index < -0.39 is 17.5 Å². The Morgan fingerprint density at radius 1 is 1.14 bits per heavy atom. The number of carbonyl (C=O) groups is 1. The van der Waals surface area contributed by atoms with Crippen molar-refractivity contribution in [2.24, 2.45) is 0 Å². The normalized spacial score (nSPS) is 10.3. The van der Waals surface area contributed by atoms with Crippen molar-refractivity contribution >= 4 is 11.6 Å². The second-order valence-corrected chi connectivity index (χ2v) is 4.49. The zero-order valence-corrected chi connectivity index (χ0v) is 11.7. The molecule has 0 atom stereocenters. The van der Waals surface area contributed by atoms with Gasteiger partial charge in [-0.3, -0.25) is 4.79 Å². The Kier molecular flexibility index (Phi) is 4.52. The fourth-order valence-corrected chi connectivity index (χ4v) is 1.95. The lowest BCUT2D eigenvalue weighted by atomic mass is 10.1. The molecule has 0 aliphatic rings. The van der Waals surface area contributed by atoms with Crippen molar-refractivity contribution in [2.45, 2.75) is 13.8 Å². The van der Waals surface area contributed by atoms with E-state index in [0.29, 0.717) is 23.4 Å². The SMILES string of the molecule is CCOc1cc(F)ccc1NC(=O)c1ccc(F)cc1C. The van der Waals surface area contributed by atoms with Gasteiger partial charge >= 0.3 is 0 Å². The molecule has 0 heterocycles. The molecule has 2 aromatic carbocycles. The monoisotopic (exact) mass is 291 g/mol. The third-order valence-electron chi connectivity index (χ3n) is 2.92. The smallest absolute Gasteiger partial charge is 0.256 e. The number of rotatable bonds is 4. The van der Waals surface area contributed by atoms with E-state index >= 15 is 0 Å². The summed E-state index contributed by atoms with van der Waals surface area (Å²) in [7, 11) is 0.